The van der Waals surface area contributed by atoms with Gasteiger partial charge in [0.05, 0.1) is 85.2 Å². The summed E-state index contributed by atoms with van der Waals surface area (Å²) in [6.45, 7) is 9.85. The highest BCUT2D eigenvalue weighted by molar-refractivity contribution is 8.13. The maximum atomic E-state index is 12.0. The largest absolute Gasteiger partial charge is 0.463 e. The first-order chi connectivity index (χ1) is 27.7. The summed E-state index contributed by atoms with van der Waals surface area (Å²) in [5.41, 5.74) is 0. The van der Waals surface area contributed by atoms with E-state index in [4.69, 9.17) is 42.6 Å². The van der Waals surface area contributed by atoms with Crippen molar-refractivity contribution in [2.75, 3.05) is 105 Å². The van der Waals surface area contributed by atoms with Crippen molar-refractivity contribution >= 4 is 28.8 Å². The summed E-state index contributed by atoms with van der Waals surface area (Å²) in [5, 5.41) is 32.5. The predicted molar refractivity (Wildman–Crippen MR) is 215 cm³/mol. The fourth-order valence-corrected chi connectivity index (χ4v) is 6.17. The molecule has 16 nitrogen and oxygen atoms in total. The molecule has 0 spiro atoms. The molecule has 57 heavy (non-hydrogen) atoms. The number of unbranched alkanes of at least 4 members (excludes halogenated alkanes) is 10. The first-order valence-electron chi connectivity index (χ1n) is 21.1. The van der Waals surface area contributed by atoms with Crippen LogP contribution in [0.3, 0.4) is 0 Å². The van der Waals surface area contributed by atoms with Crippen molar-refractivity contribution in [3.05, 3.63) is 0 Å². The lowest BCUT2D eigenvalue weighted by molar-refractivity contribution is -0.293. The standard InChI is InChI=1S/C40H75NO15S/c1-33-37(45)38(46)39(47)40(56-33)55-19-13-10-11-17-41-35(43)15-16-36(44)54-31-30-53-29-28-52-27-26-51-25-24-50-23-22-49-21-20-48-18-12-8-6-4-3-5-7-9-14-32-57-34(2)42/h33,37-40,45-47H,3-32H2,1-2H3,(H,41,43)/t33-,37+,38+,39-,40-/m0/s1. The topological polar surface area (TPSA) is 207 Å². The fourth-order valence-electron chi connectivity index (χ4n) is 5.53. The second kappa shape index (κ2) is 38.7. The number of thioether (sulfide) groups is 1. The number of hydrogen-bond donors (Lipinski definition) is 4. The molecular formula is C40H75NO15S. The van der Waals surface area contributed by atoms with Crippen molar-refractivity contribution in [3.8, 4) is 0 Å². The second-order valence-corrected chi connectivity index (χ2v) is 15.2. The lowest BCUT2D eigenvalue weighted by atomic mass is 10.0. The van der Waals surface area contributed by atoms with Crippen molar-refractivity contribution in [2.45, 2.75) is 134 Å². The Morgan fingerprint density at radius 1 is 0.544 bits per heavy atom. The molecule has 1 rings (SSSR count). The van der Waals surface area contributed by atoms with Gasteiger partial charge in [0, 0.05) is 38.9 Å². The number of rotatable bonds is 40. The van der Waals surface area contributed by atoms with Gasteiger partial charge in [-0.15, -0.1) is 0 Å². The third-order valence-corrected chi connectivity index (χ3v) is 9.78. The molecule has 1 amide bonds. The smallest absolute Gasteiger partial charge is 0.306 e. The van der Waals surface area contributed by atoms with Crippen LogP contribution in [0.2, 0.25) is 0 Å². The van der Waals surface area contributed by atoms with Gasteiger partial charge in [-0.25, -0.2) is 0 Å². The zero-order valence-corrected chi connectivity index (χ0v) is 35.6. The molecule has 0 aromatic carbocycles. The molecule has 0 aromatic rings. The number of carbonyl (C=O) groups is 3. The van der Waals surface area contributed by atoms with Crippen molar-refractivity contribution < 1.29 is 72.3 Å². The molecule has 5 atom stereocenters. The second-order valence-electron chi connectivity index (χ2n) is 13.9. The molecule has 336 valence electrons. The molecular weight excluding hydrogens is 766 g/mol. The molecule has 1 aliphatic rings. The first-order valence-corrected chi connectivity index (χ1v) is 22.0. The van der Waals surface area contributed by atoms with E-state index in [1.165, 1.54) is 56.7 Å². The number of ether oxygens (including phenoxy) is 9. The highest BCUT2D eigenvalue weighted by Gasteiger charge is 2.42. The zero-order chi connectivity index (χ0) is 41.6. The maximum absolute atomic E-state index is 12.0. The van der Waals surface area contributed by atoms with Crippen LogP contribution in [0, 0.1) is 0 Å². The van der Waals surface area contributed by atoms with E-state index < -0.39 is 36.7 Å². The van der Waals surface area contributed by atoms with Crippen LogP contribution in [0.15, 0.2) is 0 Å². The average Bonchev–Trinajstić information content (AvgIpc) is 3.19. The third-order valence-electron chi connectivity index (χ3n) is 8.88. The van der Waals surface area contributed by atoms with E-state index in [0.717, 1.165) is 31.6 Å². The quantitative estimate of drug-likeness (QED) is 0.0516. The molecule has 1 saturated heterocycles. The molecule has 0 aromatic heterocycles. The summed E-state index contributed by atoms with van der Waals surface area (Å²) in [6.07, 6.45) is 7.74. The number of esters is 1. The van der Waals surface area contributed by atoms with Gasteiger partial charge >= 0.3 is 5.97 Å². The Labute approximate surface area is 345 Å². The SMILES string of the molecule is CC(=O)SCCCCCCCCCCCOCCOCCOCCOCCOCCOCCOC(=O)CCC(=O)NCCCCCO[C@H]1O[C@@H](C)[C@@H](O)[C@@H](O)[C@@H]1O. The van der Waals surface area contributed by atoms with E-state index in [2.05, 4.69) is 5.32 Å². The monoisotopic (exact) mass is 841 g/mol. The van der Waals surface area contributed by atoms with Crippen LogP contribution in [-0.4, -0.2) is 168 Å². The highest BCUT2D eigenvalue weighted by Crippen LogP contribution is 2.22. The van der Waals surface area contributed by atoms with Gasteiger partial charge in [0.25, 0.3) is 0 Å². The molecule has 17 heteroatoms. The Balaban J connectivity index is 1.72. The molecule has 0 unspecified atom stereocenters. The number of aliphatic hydroxyl groups is 3. The normalized spacial score (nSPS) is 19.5. The highest BCUT2D eigenvalue weighted by atomic mass is 32.2. The molecule has 0 aliphatic carbocycles. The van der Waals surface area contributed by atoms with E-state index in [1.807, 2.05) is 0 Å². The van der Waals surface area contributed by atoms with Gasteiger partial charge in [0.2, 0.25) is 5.91 Å². The molecule has 0 saturated carbocycles. The molecule has 0 bridgehead atoms. The summed E-state index contributed by atoms with van der Waals surface area (Å²) in [6, 6.07) is 0. The summed E-state index contributed by atoms with van der Waals surface area (Å²) in [4.78, 5) is 34.8. The van der Waals surface area contributed by atoms with Crippen molar-refractivity contribution in [2.24, 2.45) is 0 Å². The van der Waals surface area contributed by atoms with E-state index in [9.17, 15) is 29.7 Å². The fraction of sp³-hybridized carbons (Fsp3) is 0.925. The summed E-state index contributed by atoms with van der Waals surface area (Å²) in [7, 11) is 0. The Hall–Kier alpha value is -1.48. The van der Waals surface area contributed by atoms with Crippen LogP contribution in [0.4, 0.5) is 0 Å². The van der Waals surface area contributed by atoms with Gasteiger partial charge in [0.1, 0.15) is 24.9 Å². The minimum atomic E-state index is -1.33. The number of carbonyl (C=O) groups excluding carboxylic acids is 3. The van der Waals surface area contributed by atoms with E-state index >= 15 is 0 Å². The van der Waals surface area contributed by atoms with Crippen LogP contribution in [0.1, 0.15) is 104 Å². The third kappa shape index (κ3) is 33.0. The number of amides is 1. The molecule has 1 aliphatic heterocycles. The van der Waals surface area contributed by atoms with Crippen LogP contribution < -0.4 is 5.32 Å². The summed E-state index contributed by atoms with van der Waals surface area (Å²) in [5.74, 6) is 0.257. The molecule has 0 radical (unpaired) electrons. The lowest BCUT2D eigenvalue weighted by Gasteiger charge is -2.38. The summed E-state index contributed by atoms with van der Waals surface area (Å²) < 4.78 is 49.0. The Kier molecular flexibility index (Phi) is 36.4. The van der Waals surface area contributed by atoms with Crippen LogP contribution in [0.5, 0.6) is 0 Å². The Morgan fingerprint density at radius 2 is 1.00 bits per heavy atom. The van der Waals surface area contributed by atoms with E-state index in [-0.39, 0.29) is 37.1 Å². The van der Waals surface area contributed by atoms with E-state index in [0.29, 0.717) is 92.1 Å². The van der Waals surface area contributed by atoms with Crippen molar-refractivity contribution in [3.63, 3.8) is 0 Å². The minimum absolute atomic E-state index is 0.0195. The molecule has 4 N–H and O–H groups in total. The van der Waals surface area contributed by atoms with Crippen LogP contribution >= 0.6 is 11.8 Å². The first kappa shape index (κ1) is 53.5. The van der Waals surface area contributed by atoms with Gasteiger partial charge in [-0.1, -0.05) is 56.7 Å². The molecule has 1 heterocycles. The van der Waals surface area contributed by atoms with Crippen LogP contribution in [0.25, 0.3) is 0 Å². The maximum Gasteiger partial charge on any atom is 0.306 e. The van der Waals surface area contributed by atoms with Gasteiger partial charge in [-0.05, 0) is 39.0 Å². The zero-order valence-electron chi connectivity index (χ0n) is 34.7. The van der Waals surface area contributed by atoms with Gasteiger partial charge in [-0.2, -0.15) is 0 Å². The van der Waals surface area contributed by atoms with Crippen molar-refractivity contribution in [1.82, 2.24) is 5.32 Å². The van der Waals surface area contributed by atoms with Gasteiger partial charge in [-0.3, -0.25) is 14.4 Å². The van der Waals surface area contributed by atoms with Crippen LogP contribution in [-0.2, 0) is 57.0 Å². The average molecular weight is 842 g/mol. The number of aliphatic hydroxyl groups excluding tert-OH is 3. The van der Waals surface area contributed by atoms with Gasteiger partial charge < -0.3 is 63.3 Å². The lowest BCUT2D eigenvalue weighted by Crippen LogP contribution is -2.57. The van der Waals surface area contributed by atoms with Gasteiger partial charge in [0.15, 0.2) is 11.4 Å². The Bertz CT molecular complexity index is 968. The minimum Gasteiger partial charge on any atom is -0.463 e. The number of nitrogens with one attached hydrogen (secondary N) is 1. The number of hydrogen-bond acceptors (Lipinski definition) is 16. The van der Waals surface area contributed by atoms with E-state index in [1.54, 1.807) is 13.8 Å². The summed E-state index contributed by atoms with van der Waals surface area (Å²) >= 11 is 1.44. The molecule has 1 fully saturated rings. The predicted octanol–water partition coefficient (Wildman–Crippen LogP) is 3.33. The Morgan fingerprint density at radius 3 is 1.54 bits per heavy atom. The van der Waals surface area contributed by atoms with Crippen molar-refractivity contribution in [1.29, 1.82) is 0 Å².